The van der Waals surface area contributed by atoms with Crippen molar-refractivity contribution in [2.24, 2.45) is 5.92 Å². The topological polar surface area (TPSA) is 29.5 Å². The molecule has 94 valence electrons. The van der Waals surface area contributed by atoms with Crippen LogP contribution >= 0.6 is 11.6 Å². The van der Waals surface area contributed by atoms with Gasteiger partial charge in [0.05, 0.1) is 17.2 Å². The van der Waals surface area contributed by atoms with Gasteiger partial charge < -0.3 is 9.84 Å². The number of benzene rings is 1. The van der Waals surface area contributed by atoms with Crippen molar-refractivity contribution in [1.29, 1.82) is 0 Å². The second kappa shape index (κ2) is 4.92. The molecule has 0 bridgehead atoms. The Morgan fingerprint density at radius 1 is 1.59 bits per heavy atom. The summed E-state index contributed by atoms with van der Waals surface area (Å²) in [5.74, 6) is -0.380. The van der Waals surface area contributed by atoms with Crippen molar-refractivity contribution < 1.29 is 14.2 Å². The minimum absolute atomic E-state index is 0.0564. The summed E-state index contributed by atoms with van der Waals surface area (Å²) >= 11 is 5.72. The summed E-state index contributed by atoms with van der Waals surface area (Å²) in [7, 11) is 0. The number of aliphatic hydroxyl groups is 1. The molecule has 1 saturated heterocycles. The van der Waals surface area contributed by atoms with E-state index < -0.39 is 11.4 Å². The maximum atomic E-state index is 13.7. The van der Waals surface area contributed by atoms with Crippen molar-refractivity contribution in [2.45, 2.75) is 25.4 Å². The SMILES string of the molecule is CC(O)(Cc1cccc(Cl)c1F)C1CCOC1. The van der Waals surface area contributed by atoms with Crippen LogP contribution in [0.5, 0.6) is 0 Å². The number of hydrogen-bond acceptors (Lipinski definition) is 2. The maximum absolute atomic E-state index is 13.7. The van der Waals surface area contributed by atoms with Gasteiger partial charge in [-0.1, -0.05) is 23.7 Å². The largest absolute Gasteiger partial charge is 0.389 e. The quantitative estimate of drug-likeness (QED) is 0.903. The highest BCUT2D eigenvalue weighted by molar-refractivity contribution is 6.30. The zero-order valence-corrected chi connectivity index (χ0v) is 10.5. The van der Waals surface area contributed by atoms with E-state index in [9.17, 15) is 9.50 Å². The van der Waals surface area contributed by atoms with Gasteiger partial charge in [-0.05, 0) is 25.0 Å². The Morgan fingerprint density at radius 3 is 3.00 bits per heavy atom. The van der Waals surface area contributed by atoms with Crippen molar-refractivity contribution in [3.05, 3.63) is 34.6 Å². The zero-order chi connectivity index (χ0) is 12.5. The molecular formula is C13H16ClFO2. The van der Waals surface area contributed by atoms with Crippen LogP contribution in [0.4, 0.5) is 4.39 Å². The predicted octanol–water partition coefficient (Wildman–Crippen LogP) is 2.81. The monoisotopic (exact) mass is 258 g/mol. The van der Waals surface area contributed by atoms with Crippen molar-refractivity contribution in [3.8, 4) is 0 Å². The average molecular weight is 259 g/mol. The van der Waals surface area contributed by atoms with Gasteiger partial charge in [-0.2, -0.15) is 0 Å². The highest BCUT2D eigenvalue weighted by atomic mass is 35.5. The molecule has 4 heteroatoms. The van der Waals surface area contributed by atoms with E-state index in [2.05, 4.69) is 0 Å². The minimum atomic E-state index is -0.956. The van der Waals surface area contributed by atoms with Gasteiger partial charge in [0.25, 0.3) is 0 Å². The molecule has 0 saturated carbocycles. The molecule has 1 aromatic carbocycles. The van der Waals surface area contributed by atoms with Gasteiger partial charge in [0, 0.05) is 18.9 Å². The van der Waals surface area contributed by atoms with E-state index in [4.69, 9.17) is 16.3 Å². The number of halogens is 2. The lowest BCUT2D eigenvalue weighted by Gasteiger charge is -2.29. The van der Waals surface area contributed by atoms with Gasteiger partial charge in [0.1, 0.15) is 5.82 Å². The molecule has 2 unspecified atom stereocenters. The van der Waals surface area contributed by atoms with E-state index in [1.54, 1.807) is 19.1 Å². The first-order valence-corrected chi connectivity index (χ1v) is 6.11. The Bertz CT molecular complexity index is 400. The summed E-state index contributed by atoms with van der Waals surface area (Å²) in [6.45, 7) is 2.93. The molecule has 0 aliphatic carbocycles. The van der Waals surface area contributed by atoms with Crippen molar-refractivity contribution >= 4 is 11.6 Å². The fourth-order valence-corrected chi connectivity index (χ4v) is 2.43. The second-order valence-corrected chi connectivity index (χ2v) is 5.21. The van der Waals surface area contributed by atoms with Crippen LogP contribution in [-0.4, -0.2) is 23.9 Å². The van der Waals surface area contributed by atoms with Crippen LogP contribution in [0.25, 0.3) is 0 Å². The van der Waals surface area contributed by atoms with Crippen molar-refractivity contribution in [2.75, 3.05) is 13.2 Å². The molecule has 0 aromatic heterocycles. The molecule has 2 atom stereocenters. The molecule has 1 aliphatic rings. The third kappa shape index (κ3) is 2.79. The van der Waals surface area contributed by atoms with E-state index in [0.29, 0.717) is 18.8 Å². The molecule has 1 aromatic rings. The Kier molecular flexibility index (Phi) is 3.71. The molecule has 1 fully saturated rings. The van der Waals surface area contributed by atoms with Crippen LogP contribution in [0, 0.1) is 11.7 Å². The van der Waals surface area contributed by atoms with Crippen LogP contribution < -0.4 is 0 Å². The van der Waals surface area contributed by atoms with Crippen LogP contribution in [-0.2, 0) is 11.2 Å². The first-order valence-electron chi connectivity index (χ1n) is 5.74. The van der Waals surface area contributed by atoms with Gasteiger partial charge in [0.2, 0.25) is 0 Å². The minimum Gasteiger partial charge on any atom is -0.389 e. The number of hydrogen-bond donors (Lipinski definition) is 1. The molecule has 0 spiro atoms. The summed E-state index contributed by atoms with van der Waals surface area (Å²) < 4.78 is 19.0. The highest BCUT2D eigenvalue weighted by Gasteiger charge is 2.35. The Balaban J connectivity index is 2.16. The van der Waals surface area contributed by atoms with E-state index in [1.807, 2.05) is 0 Å². The number of ether oxygens (including phenoxy) is 1. The summed E-state index contributed by atoms with van der Waals surface area (Å²) in [5.41, 5.74) is -0.503. The van der Waals surface area contributed by atoms with Crippen molar-refractivity contribution in [1.82, 2.24) is 0 Å². The fourth-order valence-electron chi connectivity index (χ4n) is 2.24. The molecule has 1 N–H and O–H groups in total. The molecular weight excluding hydrogens is 243 g/mol. The van der Waals surface area contributed by atoms with Crippen molar-refractivity contribution in [3.63, 3.8) is 0 Å². The molecule has 0 amide bonds. The molecule has 1 aliphatic heterocycles. The molecule has 1 heterocycles. The van der Waals surface area contributed by atoms with E-state index in [-0.39, 0.29) is 17.4 Å². The van der Waals surface area contributed by atoms with Gasteiger partial charge in [-0.25, -0.2) is 4.39 Å². The first-order chi connectivity index (χ1) is 8.00. The predicted molar refractivity (Wildman–Crippen MR) is 64.7 cm³/mol. The normalized spacial score (nSPS) is 23.6. The average Bonchev–Trinajstić information content (AvgIpc) is 2.78. The van der Waals surface area contributed by atoms with E-state index in [0.717, 1.165) is 6.42 Å². The van der Waals surface area contributed by atoms with E-state index in [1.165, 1.54) is 6.07 Å². The van der Waals surface area contributed by atoms with Gasteiger partial charge in [0.15, 0.2) is 0 Å². The Morgan fingerprint density at radius 2 is 2.35 bits per heavy atom. The molecule has 2 rings (SSSR count). The lowest BCUT2D eigenvalue weighted by atomic mass is 9.83. The van der Waals surface area contributed by atoms with Crippen LogP contribution in [0.15, 0.2) is 18.2 Å². The van der Waals surface area contributed by atoms with Gasteiger partial charge in [-0.15, -0.1) is 0 Å². The Hall–Kier alpha value is -0.640. The van der Waals surface area contributed by atoms with Gasteiger partial charge >= 0.3 is 0 Å². The lowest BCUT2D eigenvalue weighted by molar-refractivity contribution is -0.00517. The third-order valence-electron chi connectivity index (χ3n) is 3.39. The molecule has 2 nitrogen and oxygen atoms in total. The highest BCUT2D eigenvalue weighted by Crippen LogP contribution is 2.30. The summed E-state index contributed by atoms with van der Waals surface area (Å²) in [6.07, 6.45) is 1.07. The standard InChI is InChI=1S/C13H16ClFO2/c1-13(16,10-5-6-17-8-10)7-9-3-2-4-11(14)12(9)15/h2-4,10,16H,5-8H2,1H3. The zero-order valence-electron chi connectivity index (χ0n) is 9.75. The van der Waals surface area contributed by atoms with Gasteiger partial charge in [-0.3, -0.25) is 0 Å². The molecule has 0 radical (unpaired) electrons. The third-order valence-corrected chi connectivity index (χ3v) is 3.68. The fraction of sp³-hybridized carbons (Fsp3) is 0.538. The Labute approximate surface area is 105 Å². The summed E-state index contributed by atoms with van der Waals surface area (Å²) in [5, 5.41) is 10.5. The van der Waals surface area contributed by atoms with E-state index >= 15 is 0 Å². The summed E-state index contributed by atoms with van der Waals surface area (Å²) in [4.78, 5) is 0. The van der Waals surface area contributed by atoms with Crippen LogP contribution in [0.1, 0.15) is 18.9 Å². The summed E-state index contributed by atoms with van der Waals surface area (Å²) in [6, 6.07) is 4.86. The lowest BCUT2D eigenvalue weighted by Crippen LogP contribution is -2.37. The second-order valence-electron chi connectivity index (χ2n) is 4.81. The molecule has 17 heavy (non-hydrogen) atoms. The van der Waals surface area contributed by atoms with Crippen LogP contribution in [0.2, 0.25) is 5.02 Å². The maximum Gasteiger partial charge on any atom is 0.145 e. The van der Waals surface area contributed by atoms with Crippen LogP contribution in [0.3, 0.4) is 0 Å². The number of rotatable bonds is 3. The first kappa shape index (κ1) is 12.8. The smallest absolute Gasteiger partial charge is 0.145 e.